The van der Waals surface area contributed by atoms with Crippen molar-refractivity contribution in [3.05, 3.63) is 10.9 Å². The number of hydrogen-bond donors (Lipinski definition) is 3. The number of nitrogen functional groups attached to an aromatic ring is 1. The van der Waals surface area contributed by atoms with Crippen molar-refractivity contribution in [1.82, 2.24) is 10.2 Å². The third-order valence-electron chi connectivity index (χ3n) is 3.49. The fraction of sp³-hybridized carbons (Fsp3) is 0.615. The topological polar surface area (TPSA) is 70.4 Å². The number of carbonyl (C=O) groups is 1. The number of nitrogens with zero attached hydrogens (tertiary/aromatic N) is 1. The van der Waals surface area contributed by atoms with Gasteiger partial charge in [0.2, 0.25) is 0 Å². The maximum Gasteiger partial charge on any atom is 0.263 e. The van der Waals surface area contributed by atoms with Crippen molar-refractivity contribution in [2.24, 2.45) is 0 Å². The van der Waals surface area contributed by atoms with Gasteiger partial charge in [0.1, 0.15) is 4.88 Å². The molecule has 2 rings (SSSR count). The predicted molar refractivity (Wildman–Crippen MR) is 80.9 cm³/mol. The Hall–Kier alpha value is -1.27. The van der Waals surface area contributed by atoms with E-state index in [1.807, 2.05) is 13.0 Å². The van der Waals surface area contributed by atoms with Gasteiger partial charge in [0.15, 0.2) is 0 Å². The summed E-state index contributed by atoms with van der Waals surface area (Å²) in [6, 6.07) is 2.43. The van der Waals surface area contributed by atoms with Crippen LogP contribution in [-0.4, -0.2) is 43.5 Å². The van der Waals surface area contributed by atoms with Crippen LogP contribution in [0.1, 0.15) is 29.4 Å². The van der Waals surface area contributed by atoms with E-state index in [1.165, 1.54) is 30.7 Å². The minimum absolute atomic E-state index is 0.0870. The van der Waals surface area contributed by atoms with Crippen molar-refractivity contribution < 1.29 is 4.79 Å². The molecule has 1 unspecified atom stereocenters. The standard InChI is InChI=1S/C13H22N4OS/c1-3-15-13(18)12-10(14)7-11(19-12)16-8-9-5-4-6-17(9)2/h7,9,16H,3-6,8,14H2,1-2H3,(H,15,18). The second kappa shape index (κ2) is 6.25. The zero-order valence-corrected chi connectivity index (χ0v) is 12.3. The van der Waals surface area contributed by atoms with Gasteiger partial charge in [-0.1, -0.05) is 0 Å². The largest absolute Gasteiger partial charge is 0.397 e. The SMILES string of the molecule is CCNC(=O)c1sc(NCC2CCCN2C)cc1N. The third-order valence-corrected chi connectivity index (χ3v) is 4.60. The normalized spacial score (nSPS) is 19.6. The molecule has 19 heavy (non-hydrogen) atoms. The van der Waals surface area contributed by atoms with Crippen LogP contribution in [0.4, 0.5) is 10.7 Å². The molecule has 2 heterocycles. The first kappa shape index (κ1) is 14.1. The molecule has 6 heteroatoms. The van der Waals surface area contributed by atoms with Gasteiger partial charge in [-0.05, 0) is 39.4 Å². The molecule has 1 atom stereocenters. The first-order valence-corrected chi connectivity index (χ1v) is 7.55. The summed E-state index contributed by atoms with van der Waals surface area (Å²) in [4.78, 5) is 14.7. The van der Waals surface area contributed by atoms with Gasteiger partial charge in [-0.3, -0.25) is 4.79 Å². The van der Waals surface area contributed by atoms with Gasteiger partial charge >= 0.3 is 0 Å². The highest BCUT2D eigenvalue weighted by Crippen LogP contribution is 2.29. The number of nitrogens with one attached hydrogen (secondary N) is 2. The molecule has 4 N–H and O–H groups in total. The van der Waals surface area contributed by atoms with Crippen LogP contribution in [0, 0.1) is 0 Å². The number of anilines is 2. The van der Waals surface area contributed by atoms with Crippen LogP contribution in [-0.2, 0) is 0 Å². The first-order valence-electron chi connectivity index (χ1n) is 6.73. The van der Waals surface area contributed by atoms with Crippen molar-refractivity contribution in [2.45, 2.75) is 25.8 Å². The lowest BCUT2D eigenvalue weighted by Gasteiger charge is -2.19. The summed E-state index contributed by atoms with van der Waals surface area (Å²) in [6.07, 6.45) is 2.49. The Morgan fingerprint density at radius 2 is 2.42 bits per heavy atom. The number of likely N-dealkylation sites (N-methyl/N-ethyl adjacent to an activating group) is 1. The molecule has 0 radical (unpaired) electrons. The number of carbonyl (C=O) groups excluding carboxylic acids is 1. The highest BCUT2D eigenvalue weighted by molar-refractivity contribution is 7.18. The van der Waals surface area contributed by atoms with E-state index >= 15 is 0 Å². The molecule has 1 aliphatic rings. The van der Waals surface area contributed by atoms with Crippen molar-refractivity contribution in [2.75, 3.05) is 37.7 Å². The van der Waals surface area contributed by atoms with Crippen LogP contribution in [0.2, 0.25) is 0 Å². The van der Waals surface area contributed by atoms with Crippen LogP contribution in [0.15, 0.2) is 6.07 Å². The van der Waals surface area contributed by atoms with E-state index in [2.05, 4.69) is 22.6 Å². The molecule has 1 saturated heterocycles. The highest BCUT2D eigenvalue weighted by atomic mass is 32.1. The smallest absolute Gasteiger partial charge is 0.263 e. The molecule has 1 aromatic heterocycles. The van der Waals surface area contributed by atoms with Crippen LogP contribution in [0.5, 0.6) is 0 Å². The fourth-order valence-corrected chi connectivity index (χ4v) is 3.27. The first-order chi connectivity index (χ1) is 9.11. The van der Waals surface area contributed by atoms with Gasteiger partial charge in [-0.2, -0.15) is 0 Å². The maximum absolute atomic E-state index is 11.8. The summed E-state index contributed by atoms with van der Waals surface area (Å²) in [6.45, 7) is 4.59. The number of hydrogen-bond acceptors (Lipinski definition) is 5. The summed E-state index contributed by atoms with van der Waals surface area (Å²) in [5.74, 6) is -0.0870. The summed E-state index contributed by atoms with van der Waals surface area (Å²) < 4.78 is 0. The van der Waals surface area contributed by atoms with Crippen molar-refractivity contribution in [3.8, 4) is 0 Å². The van der Waals surface area contributed by atoms with Crippen molar-refractivity contribution >= 4 is 27.9 Å². The van der Waals surface area contributed by atoms with E-state index in [9.17, 15) is 4.79 Å². The molecule has 1 aromatic rings. The Kier molecular flexibility index (Phi) is 4.66. The Morgan fingerprint density at radius 1 is 1.63 bits per heavy atom. The second-order valence-corrected chi connectivity index (χ2v) is 5.96. The lowest BCUT2D eigenvalue weighted by molar-refractivity contribution is 0.0960. The quantitative estimate of drug-likeness (QED) is 0.767. The Balaban J connectivity index is 1.94. The molecule has 1 amide bonds. The van der Waals surface area contributed by atoms with Gasteiger partial charge < -0.3 is 21.3 Å². The van der Waals surface area contributed by atoms with Gasteiger partial charge in [0.25, 0.3) is 5.91 Å². The third kappa shape index (κ3) is 3.39. The molecule has 5 nitrogen and oxygen atoms in total. The lowest BCUT2D eigenvalue weighted by atomic mass is 10.2. The number of rotatable bonds is 5. The minimum Gasteiger partial charge on any atom is -0.397 e. The van der Waals surface area contributed by atoms with Gasteiger partial charge in [-0.25, -0.2) is 0 Å². The maximum atomic E-state index is 11.8. The van der Waals surface area contributed by atoms with Gasteiger partial charge in [0, 0.05) is 19.1 Å². The summed E-state index contributed by atoms with van der Waals surface area (Å²) in [5, 5.41) is 7.14. The second-order valence-electron chi connectivity index (χ2n) is 4.91. The predicted octanol–water partition coefficient (Wildman–Crippen LogP) is 1.59. The molecule has 0 aliphatic carbocycles. The molecule has 1 aliphatic heterocycles. The van der Waals surface area contributed by atoms with E-state index < -0.39 is 0 Å². The number of likely N-dealkylation sites (tertiary alicyclic amines) is 1. The molecular formula is C13H22N4OS. The van der Waals surface area contributed by atoms with Crippen molar-refractivity contribution in [3.63, 3.8) is 0 Å². The van der Waals surface area contributed by atoms with E-state index in [-0.39, 0.29) is 5.91 Å². The average Bonchev–Trinajstić information content (AvgIpc) is 2.93. The number of nitrogens with two attached hydrogens (primary N) is 1. The van der Waals surface area contributed by atoms with Crippen LogP contribution in [0.25, 0.3) is 0 Å². The van der Waals surface area contributed by atoms with Crippen LogP contribution >= 0.6 is 11.3 Å². The number of thiophene rings is 1. The fourth-order valence-electron chi connectivity index (χ4n) is 2.37. The monoisotopic (exact) mass is 282 g/mol. The van der Waals surface area contributed by atoms with E-state index in [4.69, 9.17) is 5.73 Å². The highest BCUT2D eigenvalue weighted by Gasteiger charge is 2.21. The number of amides is 1. The lowest BCUT2D eigenvalue weighted by Crippen LogP contribution is -2.31. The Bertz CT molecular complexity index is 446. The Labute approximate surface area is 118 Å². The van der Waals surface area contributed by atoms with Gasteiger partial charge in [-0.15, -0.1) is 11.3 Å². The summed E-state index contributed by atoms with van der Waals surface area (Å²) >= 11 is 1.43. The van der Waals surface area contributed by atoms with E-state index in [1.54, 1.807) is 0 Å². The van der Waals surface area contributed by atoms with Crippen LogP contribution < -0.4 is 16.4 Å². The Morgan fingerprint density at radius 3 is 3.05 bits per heavy atom. The molecule has 0 saturated carbocycles. The van der Waals surface area contributed by atoms with Crippen molar-refractivity contribution in [1.29, 1.82) is 0 Å². The summed E-state index contributed by atoms with van der Waals surface area (Å²) in [7, 11) is 2.16. The molecule has 1 fully saturated rings. The average molecular weight is 282 g/mol. The molecule has 0 bridgehead atoms. The zero-order chi connectivity index (χ0) is 13.8. The molecule has 0 spiro atoms. The van der Waals surface area contributed by atoms with Gasteiger partial charge in [0.05, 0.1) is 10.7 Å². The zero-order valence-electron chi connectivity index (χ0n) is 11.5. The molecule has 0 aromatic carbocycles. The minimum atomic E-state index is -0.0870. The summed E-state index contributed by atoms with van der Waals surface area (Å²) in [5.41, 5.74) is 6.44. The molecule has 106 valence electrons. The molecular weight excluding hydrogens is 260 g/mol. The van der Waals surface area contributed by atoms with E-state index in [0.29, 0.717) is 23.2 Å². The van der Waals surface area contributed by atoms with Crippen LogP contribution in [0.3, 0.4) is 0 Å². The van der Waals surface area contributed by atoms with E-state index in [0.717, 1.165) is 11.5 Å².